The summed E-state index contributed by atoms with van der Waals surface area (Å²) in [7, 11) is 0. The average molecular weight is 787 g/mol. The summed E-state index contributed by atoms with van der Waals surface area (Å²) in [6, 6.07) is 11.4. The van der Waals surface area contributed by atoms with Crippen LogP contribution < -0.4 is 27.4 Å². The van der Waals surface area contributed by atoms with E-state index in [-0.39, 0.29) is 57.2 Å². The van der Waals surface area contributed by atoms with Crippen molar-refractivity contribution in [2.24, 2.45) is 11.5 Å². The SMILES string of the molecule is CC(C)(C)OC(=O)C(OCCOCCOCCOCCN)C(=O)[C@H](Cc1ccccc1)NC(=O)[C@H](CC(=O)O)NC(=O)CCNC(=O)c1ccc(C(=N)N)cc1. The third-order valence-corrected chi connectivity index (χ3v) is 7.47. The number of rotatable bonds is 27. The molecule has 0 saturated heterocycles. The zero-order valence-corrected chi connectivity index (χ0v) is 32.0. The molecule has 0 heterocycles. The van der Waals surface area contributed by atoms with Gasteiger partial charge in [-0.15, -0.1) is 0 Å². The van der Waals surface area contributed by atoms with Crippen molar-refractivity contribution in [3.8, 4) is 0 Å². The number of benzene rings is 2. The van der Waals surface area contributed by atoms with Crippen molar-refractivity contribution in [3.05, 3.63) is 71.3 Å². The van der Waals surface area contributed by atoms with Gasteiger partial charge in [-0.3, -0.25) is 29.4 Å². The number of nitrogens with two attached hydrogens (primary N) is 2. The lowest BCUT2D eigenvalue weighted by atomic mass is 9.98. The number of carboxylic acid groups (broad SMARTS) is 1. The minimum atomic E-state index is -1.81. The highest BCUT2D eigenvalue weighted by atomic mass is 16.6. The van der Waals surface area contributed by atoms with Crippen LogP contribution in [0.3, 0.4) is 0 Å². The van der Waals surface area contributed by atoms with Crippen LogP contribution in [-0.4, -0.2) is 130 Å². The highest BCUT2D eigenvalue weighted by molar-refractivity contribution is 6.06. The fraction of sp³-hybridized carbons (Fsp3) is 0.500. The summed E-state index contributed by atoms with van der Waals surface area (Å²) >= 11 is 0. The van der Waals surface area contributed by atoms with Crippen molar-refractivity contribution in [2.75, 3.05) is 59.3 Å². The number of amidine groups is 1. The quantitative estimate of drug-likeness (QED) is 0.0208. The average Bonchev–Trinajstić information content (AvgIpc) is 3.14. The Morgan fingerprint density at radius 1 is 0.786 bits per heavy atom. The molecule has 0 fully saturated rings. The van der Waals surface area contributed by atoms with Gasteiger partial charge in [-0.2, -0.15) is 0 Å². The van der Waals surface area contributed by atoms with E-state index < -0.39 is 65.7 Å². The maximum Gasteiger partial charge on any atom is 0.343 e. The summed E-state index contributed by atoms with van der Waals surface area (Å²) < 4.78 is 27.3. The monoisotopic (exact) mass is 786 g/mol. The van der Waals surface area contributed by atoms with E-state index in [9.17, 15) is 33.9 Å². The lowest BCUT2D eigenvalue weighted by Crippen LogP contribution is -2.56. The molecule has 0 aliphatic carbocycles. The molecule has 18 nitrogen and oxygen atoms in total. The predicted octanol–water partition coefficient (Wildman–Crippen LogP) is 0.0821. The molecule has 3 amide bonds. The molecule has 9 N–H and O–H groups in total. The minimum Gasteiger partial charge on any atom is -0.481 e. The van der Waals surface area contributed by atoms with Gasteiger partial charge in [0.15, 0.2) is 5.78 Å². The molecule has 0 saturated carbocycles. The smallest absolute Gasteiger partial charge is 0.343 e. The van der Waals surface area contributed by atoms with E-state index in [1.807, 2.05) is 0 Å². The van der Waals surface area contributed by atoms with Crippen LogP contribution in [0, 0.1) is 5.41 Å². The molecule has 0 aliphatic rings. The van der Waals surface area contributed by atoms with Crippen molar-refractivity contribution in [1.82, 2.24) is 16.0 Å². The number of amides is 3. The van der Waals surface area contributed by atoms with Gasteiger partial charge in [0.05, 0.1) is 58.7 Å². The van der Waals surface area contributed by atoms with Crippen molar-refractivity contribution < 1.29 is 57.6 Å². The van der Waals surface area contributed by atoms with E-state index in [0.717, 1.165) is 0 Å². The van der Waals surface area contributed by atoms with Gasteiger partial charge in [0.2, 0.25) is 17.9 Å². The molecular weight excluding hydrogens is 732 g/mol. The fourth-order valence-electron chi connectivity index (χ4n) is 4.84. The summed E-state index contributed by atoms with van der Waals surface area (Å²) in [5.74, 6) is -5.76. The summed E-state index contributed by atoms with van der Waals surface area (Å²) in [6.45, 7) is 6.44. The number of ketones is 1. The number of esters is 1. The Balaban J connectivity index is 2.14. The van der Waals surface area contributed by atoms with Gasteiger partial charge in [0.25, 0.3) is 5.91 Å². The molecule has 0 radical (unpaired) electrons. The Hall–Kier alpha value is -5.27. The Kier molecular flexibility index (Phi) is 20.9. The van der Waals surface area contributed by atoms with Crippen LogP contribution in [0.15, 0.2) is 54.6 Å². The van der Waals surface area contributed by atoms with E-state index in [2.05, 4.69) is 16.0 Å². The number of carbonyl (C=O) groups excluding carboxylic acids is 5. The molecule has 0 aliphatic heterocycles. The van der Waals surface area contributed by atoms with Crippen molar-refractivity contribution in [2.45, 2.75) is 63.8 Å². The van der Waals surface area contributed by atoms with Gasteiger partial charge in [-0.1, -0.05) is 42.5 Å². The number of aliphatic carboxylic acids is 1. The maximum atomic E-state index is 14.1. The summed E-state index contributed by atoms with van der Waals surface area (Å²) in [4.78, 5) is 78.1. The Morgan fingerprint density at radius 2 is 1.36 bits per heavy atom. The molecule has 56 heavy (non-hydrogen) atoms. The minimum absolute atomic E-state index is 0.0192. The van der Waals surface area contributed by atoms with Gasteiger partial charge in [-0.25, -0.2) is 4.79 Å². The number of hydrogen-bond donors (Lipinski definition) is 7. The first kappa shape index (κ1) is 46.9. The van der Waals surface area contributed by atoms with Crippen LogP contribution in [-0.2, 0) is 54.1 Å². The largest absolute Gasteiger partial charge is 0.481 e. The highest BCUT2D eigenvalue weighted by Crippen LogP contribution is 2.14. The van der Waals surface area contributed by atoms with E-state index in [4.69, 9.17) is 40.6 Å². The van der Waals surface area contributed by atoms with Crippen molar-refractivity contribution >= 4 is 41.3 Å². The number of hydrogen-bond acceptors (Lipinski definition) is 13. The number of Topliss-reactive ketones (excluding diaryl/α,β-unsaturated/α-hetero) is 1. The van der Waals surface area contributed by atoms with Crippen molar-refractivity contribution in [1.29, 1.82) is 5.41 Å². The Labute approximate surface area is 325 Å². The lowest BCUT2D eigenvalue weighted by Gasteiger charge is -2.27. The molecular formula is C38H54N6O12. The van der Waals surface area contributed by atoms with Crippen LogP contribution in [0.4, 0.5) is 0 Å². The van der Waals surface area contributed by atoms with Gasteiger partial charge < -0.3 is 56.2 Å². The van der Waals surface area contributed by atoms with Gasteiger partial charge in [-0.05, 0) is 44.9 Å². The predicted molar refractivity (Wildman–Crippen MR) is 203 cm³/mol. The Bertz CT molecular complexity index is 1580. The summed E-state index contributed by atoms with van der Waals surface area (Å²) in [6.07, 6.45) is -3.09. The first-order valence-corrected chi connectivity index (χ1v) is 18.0. The lowest BCUT2D eigenvalue weighted by molar-refractivity contribution is -0.173. The summed E-state index contributed by atoms with van der Waals surface area (Å²) in [5, 5.41) is 24.4. The van der Waals surface area contributed by atoms with E-state index in [0.29, 0.717) is 37.5 Å². The molecule has 0 spiro atoms. The van der Waals surface area contributed by atoms with Crippen LogP contribution in [0.5, 0.6) is 0 Å². The zero-order valence-electron chi connectivity index (χ0n) is 32.0. The number of carbonyl (C=O) groups is 6. The number of nitrogens with one attached hydrogen (secondary N) is 4. The molecule has 0 bridgehead atoms. The second kappa shape index (κ2) is 25.0. The van der Waals surface area contributed by atoms with Gasteiger partial charge >= 0.3 is 11.9 Å². The number of ether oxygens (including phenoxy) is 5. The topological polar surface area (TPSA) is 281 Å². The molecule has 0 aromatic heterocycles. The van der Waals surface area contributed by atoms with E-state index >= 15 is 0 Å². The Morgan fingerprint density at radius 3 is 1.91 bits per heavy atom. The molecule has 2 rings (SSSR count). The maximum absolute atomic E-state index is 14.1. The second-order valence-electron chi connectivity index (χ2n) is 13.3. The zero-order chi connectivity index (χ0) is 41.5. The van der Waals surface area contributed by atoms with Gasteiger partial charge in [0, 0.05) is 30.6 Å². The standard InChI is InChI=1S/C38H54N6O12/c1-38(2,3)56-37(51)33(55-22-21-54-20-19-53-18-17-52-16-14-39)32(48)28(23-25-7-5-4-6-8-25)44-36(50)29(24-31(46)47)43-30(45)13-15-42-35(49)27-11-9-26(10-12-27)34(40)41/h4-12,28-29,33H,13-24,39H2,1-3H3,(H3,40,41)(H,42,49)(H,43,45)(H,44,50)(H,46,47)/t28-,29-,33?/m0/s1. The normalized spacial score (nSPS) is 12.8. The first-order chi connectivity index (χ1) is 26.6. The second-order valence-corrected chi connectivity index (χ2v) is 13.3. The summed E-state index contributed by atoms with van der Waals surface area (Å²) in [5.41, 5.74) is 11.1. The molecule has 3 atom stereocenters. The van der Waals surface area contributed by atoms with Crippen LogP contribution in [0.1, 0.15) is 55.1 Å². The first-order valence-electron chi connectivity index (χ1n) is 18.0. The molecule has 2 aromatic rings. The molecule has 308 valence electrons. The fourth-order valence-corrected chi connectivity index (χ4v) is 4.84. The van der Waals surface area contributed by atoms with Gasteiger partial charge in [0.1, 0.15) is 17.5 Å². The molecule has 1 unspecified atom stereocenters. The van der Waals surface area contributed by atoms with Crippen LogP contribution in [0.25, 0.3) is 0 Å². The third-order valence-electron chi connectivity index (χ3n) is 7.47. The van der Waals surface area contributed by atoms with Crippen LogP contribution >= 0.6 is 0 Å². The van der Waals surface area contributed by atoms with E-state index in [1.165, 1.54) is 24.3 Å². The highest BCUT2D eigenvalue weighted by Gasteiger charge is 2.38. The van der Waals surface area contributed by atoms with Crippen LogP contribution in [0.2, 0.25) is 0 Å². The number of nitrogen functional groups attached to an aromatic ring is 1. The van der Waals surface area contributed by atoms with Crippen molar-refractivity contribution in [3.63, 3.8) is 0 Å². The number of carboxylic acids is 1. The van der Waals surface area contributed by atoms with E-state index in [1.54, 1.807) is 51.1 Å². The molecule has 18 heteroatoms. The molecule has 2 aromatic carbocycles. The third kappa shape index (κ3) is 18.9.